The van der Waals surface area contributed by atoms with Gasteiger partial charge in [-0.1, -0.05) is 34.4 Å². The maximum absolute atomic E-state index is 11.7. The highest BCUT2D eigenvalue weighted by Gasteiger charge is 2.04. The molecule has 1 N–H and O–H groups in total. The maximum Gasteiger partial charge on any atom is 0.220 e. The van der Waals surface area contributed by atoms with Gasteiger partial charge in [-0.3, -0.25) is 4.79 Å². The van der Waals surface area contributed by atoms with Crippen molar-refractivity contribution in [1.82, 2.24) is 10.5 Å². The zero-order chi connectivity index (χ0) is 15.1. The second-order valence-electron chi connectivity index (χ2n) is 4.73. The molecule has 0 bridgehead atoms. The van der Waals surface area contributed by atoms with E-state index in [0.29, 0.717) is 29.4 Å². The quantitative estimate of drug-likeness (QED) is 0.790. The standard InChI is InChI=1S/C15H16Cl2N2O2/c16-13-5-3-11(8-14(13)17)4-6-15(20)18-7-1-2-12-9-19-21-10-12/h3,5,8-10H,1-2,4,6-7H2,(H,18,20). The van der Waals surface area contributed by atoms with Crippen LogP contribution in [0.2, 0.25) is 10.0 Å². The summed E-state index contributed by atoms with van der Waals surface area (Å²) >= 11 is 11.8. The molecule has 0 aliphatic rings. The number of aromatic nitrogens is 1. The number of aryl methyl sites for hydroxylation is 2. The van der Waals surface area contributed by atoms with Crippen molar-refractivity contribution in [3.8, 4) is 0 Å². The summed E-state index contributed by atoms with van der Waals surface area (Å²) in [6, 6.07) is 5.42. The Hall–Kier alpha value is -1.52. The summed E-state index contributed by atoms with van der Waals surface area (Å²) in [5.74, 6) is 0.0337. The minimum absolute atomic E-state index is 0.0337. The lowest BCUT2D eigenvalue weighted by atomic mass is 10.1. The number of rotatable bonds is 7. The first-order valence-electron chi connectivity index (χ1n) is 6.74. The summed E-state index contributed by atoms with van der Waals surface area (Å²) in [7, 11) is 0. The molecule has 21 heavy (non-hydrogen) atoms. The molecule has 0 saturated carbocycles. The lowest BCUT2D eigenvalue weighted by Gasteiger charge is -2.05. The van der Waals surface area contributed by atoms with Gasteiger partial charge in [0.25, 0.3) is 0 Å². The van der Waals surface area contributed by atoms with Crippen LogP contribution >= 0.6 is 23.2 Å². The van der Waals surface area contributed by atoms with E-state index in [1.165, 1.54) is 0 Å². The molecule has 0 unspecified atom stereocenters. The molecule has 2 aromatic rings. The predicted molar refractivity (Wildman–Crippen MR) is 82.6 cm³/mol. The summed E-state index contributed by atoms with van der Waals surface area (Å²) in [5, 5.41) is 7.57. The number of hydrogen-bond donors (Lipinski definition) is 1. The van der Waals surface area contributed by atoms with E-state index in [1.807, 2.05) is 6.07 Å². The largest absolute Gasteiger partial charge is 0.364 e. The number of amides is 1. The molecule has 0 aliphatic heterocycles. The molecule has 0 radical (unpaired) electrons. The van der Waals surface area contributed by atoms with Gasteiger partial charge in [-0.25, -0.2) is 0 Å². The molecule has 4 nitrogen and oxygen atoms in total. The first kappa shape index (κ1) is 15.9. The van der Waals surface area contributed by atoms with Crippen molar-refractivity contribution < 1.29 is 9.32 Å². The summed E-state index contributed by atoms with van der Waals surface area (Å²) < 4.78 is 4.74. The Kier molecular flexibility index (Phi) is 6.08. The van der Waals surface area contributed by atoms with Gasteiger partial charge in [-0.05, 0) is 37.0 Å². The summed E-state index contributed by atoms with van der Waals surface area (Å²) in [5.41, 5.74) is 2.05. The molecule has 112 valence electrons. The van der Waals surface area contributed by atoms with Crippen LogP contribution in [0.4, 0.5) is 0 Å². The second-order valence-corrected chi connectivity index (χ2v) is 5.55. The fraction of sp³-hybridized carbons (Fsp3) is 0.333. The zero-order valence-electron chi connectivity index (χ0n) is 11.4. The van der Waals surface area contributed by atoms with Gasteiger partial charge in [-0.15, -0.1) is 0 Å². The normalized spacial score (nSPS) is 10.6. The van der Waals surface area contributed by atoms with Crippen molar-refractivity contribution in [2.45, 2.75) is 25.7 Å². The van der Waals surface area contributed by atoms with E-state index in [-0.39, 0.29) is 5.91 Å². The lowest BCUT2D eigenvalue weighted by Crippen LogP contribution is -2.24. The van der Waals surface area contributed by atoms with Crippen LogP contribution in [0.15, 0.2) is 35.2 Å². The molecule has 1 aromatic carbocycles. The van der Waals surface area contributed by atoms with Crippen molar-refractivity contribution in [2.75, 3.05) is 6.54 Å². The van der Waals surface area contributed by atoms with Crippen LogP contribution in [0.5, 0.6) is 0 Å². The third-order valence-electron chi connectivity index (χ3n) is 3.07. The smallest absolute Gasteiger partial charge is 0.220 e. The molecule has 2 rings (SSSR count). The molecule has 0 fully saturated rings. The molecule has 1 heterocycles. The molecule has 6 heteroatoms. The number of nitrogens with zero attached hydrogens (tertiary/aromatic N) is 1. The van der Waals surface area contributed by atoms with E-state index in [4.69, 9.17) is 27.7 Å². The number of nitrogens with one attached hydrogen (secondary N) is 1. The fourth-order valence-corrected chi connectivity index (χ4v) is 2.23. The number of benzene rings is 1. The maximum atomic E-state index is 11.7. The van der Waals surface area contributed by atoms with Gasteiger partial charge in [0.15, 0.2) is 0 Å². The fourth-order valence-electron chi connectivity index (χ4n) is 1.91. The molecule has 0 spiro atoms. The predicted octanol–water partition coefficient (Wildman–Crippen LogP) is 3.66. The Morgan fingerprint density at radius 1 is 1.19 bits per heavy atom. The first-order valence-corrected chi connectivity index (χ1v) is 7.49. The topological polar surface area (TPSA) is 55.1 Å². The minimum Gasteiger partial charge on any atom is -0.364 e. The van der Waals surface area contributed by atoms with Crippen molar-refractivity contribution in [1.29, 1.82) is 0 Å². The molecular formula is C15H16Cl2N2O2. The van der Waals surface area contributed by atoms with Gasteiger partial charge in [0.2, 0.25) is 5.91 Å². The SMILES string of the molecule is O=C(CCc1ccc(Cl)c(Cl)c1)NCCCc1cnoc1. The van der Waals surface area contributed by atoms with Crippen LogP contribution in [-0.2, 0) is 17.6 Å². The van der Waals surface area contributed by atoms with Gasteiger partial charge < -0.3 is 9.84 Å². The van der Waals surface area contributed by atoms with Crippen LogP contribution in [0.25, 0.3) is 0 Å². The van der Waals surface area contributed by atoms with Gasteiger partial charge in [0, 0.05) is 18.5 Å². The zero-order valence-corrected chi connectivity index (χ0v) is 13.0. The van der Waals surface area contributed by atoms with E-state index >= 15 is 0 Å². The Labute approximate surface area is 133 Å². The average molecular weight is 327 g/mol. The number of carbonyl (C=O) groups is 1. The summed E-state index contributed by atoms with van der Waals surface area (Å²) in [6.07, 6.45) is 6.09. The highest BCUT2D eigenvalue weighted by molar-refractivity contribution is 6.42. The van der Waals surface area contributed by atoms with Crippen LogP contribution in [0.3, 0.4) is 0 Å². The van der Waals surface area contributed by atoms with Crippen molar-refractivity contribution in [2.24, 2.45) is 0 Å². The van der Waals surface area contributed by atoms with Gasteiger partial charge in [0.05, 0.1) is 16.2 Å². The number of carbonyl (C=O) groups excluding carboxylic acids is 1. The third-order valence-corrected chi connectivity index (χ3v) is 3.81. The Morgan fingerprint density at radius 3 is 2.76 bits per heavy atom. The number of hydrogen-bond acceptors (Lipinski definition) is 3. The van der Waals surface area contributed by atoms with Gasteiger partial charge >= 0.3 is 0 Å². The van der Waals surface area contributed by atoms with E-state index < -0.39 is 0 Å². The summed E-state index contributed by atoms with van der Waals surface area (Å²) in [4.78, 5) is 11.7. The van der Waals surface area contributed by atoms with Crippen LogP contribution in [0, 0.1) is 0 Å². The van der Waals surface area contributed by atoms with Crippen LogP contribution in [0.1, 0.15) is 24.0 Å². The van der Waals surface area contributed by atoms with Gasteiger partial charge in [-0.2, -0.15) is 0 Å². The first-order chi connectivity index (χ1) is 10.1. The molecular weight excluding hydrogens is 311 g/mol. The van der Waals surface area contributed by atoms with Crippen molar-refractivity contribution >= 4 is 29.1 Å². The number of halogens is 2. The van der Waals surface area contributed by atoms with Gasteiger partial charge in [0.1, 0.15) is 6.26 Å². The molecule has 0 saturated heterocycles. The average Bonchev–Trinajstić information content (AvgIpc) is 2.98. The van der Waals surface area contributed by atoms with Crippen molar-refractivity contribution in [3.63, 3.8) is 0 Å². The monoisotopic (exact) mass is 326 g/mol. The van der Waals surface area contributed by atoms with Crippen molar-refractivity contribution in [3.05, 3.63) is 51.8 Å². The highest BCUT2D eigenvalue weighted by atomic mass is 35.5. The minimum atomic E-state index is 0.0337. The Bertz CT molecular complexity index is 585. The highest BCUT2D eigenvalue weighted by Crippen LogP contribution is 2.23. The third kappa shape index (κ3) is 5.40. The second kappa shape index (κ2) is 8.05. The molecule has 1 amide bonds. The summed E-state index contributed by atoms with van der Waals surface area (Å²) in [6.45, 7) is 0.644. The Morgan fingerprint density at radius 2 is 2.05 bits per heavy atom. The van der Waals surface area contributed by atoms with E-state index in [0.717, 1.165) is 24.0 Å². The molecule has 0 aliphatic carbocycles. The van der Waals surface area contributed by atoms with E-state index in [2.05, 4.69) is 10.5 Å². The van der Waals surface area contributed by atoms with E-state index in [9.17, 15) is 4.79 Å². The molecule has 1 aromatic heterocycles. The lowest BCUT2D eigenvalue weighted by molar-refractivity contribution is -0.121. The van der Waals surface area contributed by atoms with E-state index in [1.54, 1.807) is 24.6 Å². The Balaban J connectivity index is 1.64. The van der Waals surface area contributed by atoms with Crippen LogP contribution in [-0.4, -0.2) is 17.6 Å². The van der Waals surface area contributed by atoms with Crippen LogP contribution < -0.4 is 5.32 Å². The molecule has 0 atom stereocenters.